The Balaban J connectivity index is 1.86. The molecule has 0 unspecified atom stereocenters. The van der Waals surface area contributed by atoms with Crippen LogP contribution in [0.2, 0.25) is 0 Å². The van der Waals surface area contributed by atoms with Crippen LogP contribution in [0.1, 0.15) is 5.56 Å². The zero-order valence-corrected chi connectivity index (χ0v) is 15.8. The van der Waals surface area contributed by atoms with Crippen molar-refractivity contribution in [3.63, 3.8) is 0 Å². The van der Waals surface area contributed by atoms with Crippen LogP contribution in [0.25, 0.3) is 0 Å². The number of nitrogens with one attached hydrogen (secondary N) is 1. The number of hydrogen-bond acceptors (Lipinski definition) is 5. The molecule has 2 aromatic rings. The van der Waals surface area contributed by atoms with Crippen LogP contribution in [0.3, 0.4) is 0 Å². The molecule has 0 aliphatic carbocycles. The van der Waals surface area contributed by atoms with Crippen LogP contribution in [-0.4, -0.2) is 30.9 Å². The number of phenolic OH excluding ortho intramolecular Hbond substituents is 1. The summed E-state index contributed by atoms with van der Waals surface area (Å²) in [6, 6.07) is 10.1. The summed E-state index contributed by atoms with van der Waals surface area (Å²) in [7, 11) is 1.51. The molecule has 0 heterocycles. The first-order valence-corrected chi connectivity index (χ1v) is 8.35. The third kappa shape index (κ3) is 5.24. The number of carbonyl (C=O) groups excluding carboxylic acids is 1. The third-order valence-corrected chi connectivity index (χ3v) is 4.00. The number of rotatable bonds is 6. The molecule has 0 bridgehead atoms. The third-order valence-electron chi connectivity index (χ3n) is 2.88. The lowest BCUT2D eigenvalue weighted by Gasteiger charge is -2.07. The van der Waals surface area contributed by atoms with Crippen LogP contribution in [0.5, 0.6) is 17.2 Å². The van der Waals surface area contributed by atoms with Gasteiger partial charge in [0.2, 0.25) is 0 Å². The number of amides is 1. The van der Waals surface area contributed by atoms with E-state index in [1.807, 2.05) is 12.1 Å². The lowest BCUT2D eigenvalue weighted by Crippen LogP contribution is -2.24. The SMILES string of the molecule is COc1ccc(C=NNC(=O)COc2ccc(Br)cc2Br)c(O)c1. The van der Waals surface area contributed by atoms with Gasteiger partial charge in [-0.15, -0.1) is 0 Å². The fourth-order valence-corrected chi connectivity index (χ4v) is 2.86. The fraction of sp³-hybridized carbons (Fsp3) is 0.125. The van der Waals surface area contributed by atoms with Gasteiger partial charge in [-0.05, 0) is 46.3 Å². The molecule has 0 radical (unpaired) electrons. The van der Waals surface area contributed by atoms with Gasteiger partial charge in [0.25, 0.3) is 5.91 Å². The molecule has 2 aromatic carbocycles. The van der Waals surface area contributed by atoms with E-state index in [1.165, 1.54) is 19.4 Å². The molecule has 6 nitrogen and oxygen atoms in total. The summed E-state index contributed by atoms with van der Waals surface area (Å²) < 4.78 is 12.0. The number of carbonyl (C=O) groups is 1. The molecular formula is C16H14Br2N2O4. The molecule has 0 aliphatic heterocycles. The zero-order valence-electron chi connectivity index (χ0n) is 12.6. The van der Waals surface area contributed by atoms with Gasteiger partial charge >= 0.3 is 0 Å². The monoisotopic (exact) mass is 456 g/mol. The van der Waals surface area contributed by atoms with Gasteiger partial charge in [0.1, 0.15) is 17.2 Å². The molecule has 0 fully saturated rings. The van der Waals surface area contributed by atoms with Gasteiger partial charge in [0.15, 0.2) is 6.61 Å². The molecule has 2 N–H and O–H groups in total. The van der Waals surface area contributed by atoms with Gasteiger partial charge in [0, 0.05) is 16.1 Å². The van der Waals surface area contributed by atoms with Gasteiger partial charge in [-0.1, -0.05) is 15.9 Å². The Morgan fingerprint density at radius 2 is 2.08 bits per heavy atom. The van der Waals surface area contributed by atoms with E-state index in [0.29, 0.717) is 17.1 Å². The largest absolute Gasteiger partial charge is 0.507 e. The van der Waals surface area contributed by atoms with Crippen molar-refractivity contribution in [3.05, 3.63) is 50.9 Å². The van der Waals surface area contributed by atoms with Gasteiger partial charge in [-0.25, -0.2) is 5.43 Å². The number of nitrogens with zero attached hydrogens (tertiary/aromatic N) is 1. The van der Waals surface area contributed by atoms with Gasteiger partial charge in [-0.2, -0.15) is 5.10 Å². The van der Waals surface area contributed by atoms with E-state index in [1.54, 1.807) is 18.2 Å². The minimum Gasteiger partial charge on any atom is -0.507 e. The van der Waals surface area contributed by atoms with Gasteiger partial charge < -0.3 is 14.6 Å². The Labute approximate surface area is 155 Å². The van der Waals surface area contributed by atoms with Crippen molar-refractivity contribution in [2.75, 3.05) is 13.7 Å². The van der Waals surface area contributed by atoms with Crippen molar-refractivity contribution >= 4 is 44.0 Å². The quantitative estimate of drug-likeness (QED) is 0.514. The molecular weight excluding hydrogens is 444 g/mol. The van der Waals surface area contributed by atoms with E-state index in [-0.39, 0.29) is 12.4 Å². The number of halogens is 2. The van der Waals surface area contributed by atoms with Crippen molar-refractivity contribution < 1.29 is 19.4 Å². The molecule has 1 amide bonds. The van der Waals surface area contributed by atoms with Crippen molar-refractivity contribution in [1.29, 1.82) is 0 Å². The van der Waals surface area contributed by atoms with Crippen LogP contribution >= 0.6 is 31.9 Å². The molecule has 2 rings (SSSR count). The Morgan fingerprint density at radius 3 is 2.75 bits per heavy atom. The van der Waals surface area contributed by atoms with Gasteiger partial charge in [-0.3, -0.25) is 4.79 Å². The molecule has 0 saturated heterocycles. The lowest BCUT2D eigenvalue weighted by atomic mass is 10.2. The van der Waals surface area contributed by atoms with Crippen LogP contribution in [0.15, 0.2) is 50.4 Å². The summed E-state index contributed by atoms with van der Waals surface area (Å²) >= 11 is 6.68. The first-order valence-electron chi connectivity index (χ1n) is 6.76. The molecule has 0 spiro atoms. The Bertz CT molecular complexity index is 766. The van der Waals surface area contributed by atoms with Crippen LogP contribution < -0.4 is 14.9 Å². The van der Waals surface area contributed by atoms with E-state index in [0.717, 1.165) is 8.95 Å². The van der Waals surface area contributed by atoms with Crippen molar-refractivity contribution in [2.24, 2.45) is 5.10 Å². The molecule has 0 atom stereocenters. The maximum atomic E-state index is 11.7. The van der Waals surface area contributed by atoms with Crippen molar-refractivity contribution in [3.8, 4) is 17.2 Å². The molecule has 24 heavy (non-hydrogen) atoms. The van der Waals surface area contributed by atoms with Crippen molar-refractivity contribution in [1.82, 2.24) is 5.43 Å². The van der Waals surface area contributed by atoms with E-state index < -0.39 is 5.91 Å². The number of hydrazone groups is 1. The second kappa shape index (κ2) is 8.70. The number of phenols is 1. The second-order valence-corrected chi connectivity index (χ2v) is 6.35. The minimum atomic E-state index is -0.422. The highest BCUT2D eigenvalue weighted by Gasteiger charge is 2.06. The highest BCUT2D eigenvalue weighted by molar-refractivity contribution is 9.11. The molecule has 0 saturated carbocycles. The topological polar surface area (TPSA) is 80.2 Å². The smallest absolute Gasteiger partial charge is 0.277 e. The minimum absolute atomic E-state index is 0.00221. The van der Waals surface area contributed by atoms with E-state index in [4.69, 9.17) is 9.47 Å². The maximum absolute atomic E-state index is 11.7. The lowest BCUT2D eigenvalue weighted by molar-refractivity contribution is -0.123. The number of aromatic hydroxyl groups is 1. The normalized spacial score (nSPS) is 10.6. The average Bonchev–Trinajstić information content (AvgIpc) is 2.55. The van der Waals surface area contributed by atoms with E-state index in [9.17, 15) is 9.90 Å². The zero-order chi connectivity index (χ0) is 17.5. The summed E-state index contributed by atoms with van der Waals surface area (Å²) in [4.78, 5) is 11.7. The number of benzene rings is 2. The first-order chi connectivity index (χ1) is 11.5. The van der Waals surface area contributed by atoms with E-state index >= 15 is 0 Å². The molecule has 8 heteroatoms. The Hall–Kier alpha value is -2.06. The predicted molar refractivity (Wildman–Crippen MR) is 97.7 cm³/mol. The fourth-order valence-electron chi connectivity index (χ4n) is 1.70. The summed E-state index contributed by atoms with van der Waals surface area (Å²) in [6.45, 7) is -0.188. The number of ether oxygens (including phenoxy) is 2. The number of methoxy groups -OCH3 is 1. The number of hydrogen-bond donors (Lipinski definition) is 2. The standard InChI is InChI=1S/C16H14Br2N2O4/c1-23-12-4-2-10(14(21)7-12)8-19-20-16(22)9-24-15-5-3-11(17)6-13(15)18/h2-8,21H,9H2,1H3,(H,20,22). The first kappa shape index (κ1) is 18.3. The molecule has 0 aliphatic rings. The summed E-state index contributed by atoms with van der Waals surface area (Å²) in [5.74, 6) is 0.656. The average molecular weight is 458 g/mol. The maximum Gasteiger partial charge on any atom is 0.277 e. The highest BCUT2D eigenvalue weighted by atomic mass is 79.9. The Morgan fingerprint density at radius 1 is 1.29 bits per heavy atom. The van der Waals surface area contributed by atoms with Gasteiger partial charge in [0.05, 0.1) is 17.8 Å². The Kier molecular flexibility index (Phi) is 6.62. The summed E-state index contributed by atoms with van der Waals surface area (Å²) in [5.41, 5.74) is 2.78. The van der Waals surface area contributed by atoms with Crippen LogP contribution in [0.4, 0.5) is 0 Å². The summed E-state index contributed by atoms with van der Waals surface area (Å²) in [5, 5.41) is 13.6. The second-order valence-electron chi connectivity index (χ2n) is 4.58. The van der Waals surface area contributed by atoms with Crippen molar-refractivity contribution in [2.45, 2.75) is 0 Å². The van der Waals surface area contributed by atoms with E-state index in [2.05, 4.69) is 42.4 Å². The van der Waals surface area contributed by atoms with Crippen LogP contribution in [0, 0.1) is 0 Å². The molecule has 0 aromatic heterocycles. The molecule has 126 valence electrons. The predicted octanol–water partition coefficient (Wildman–Crippen LogP) is 3.45. The van der Waals surface area contributed by atoms with Crippen LogP contribution in [-0.2, 0) is 4.79 Å². The highest BCUT2D eigenvalue weighted by Crippen LogP contribution is 2.28. The summed E-state index contributed by atoms with van der Waals surface area (Å²) in [6.07, 6.45) is 1.34.